The molecule has 0 unspecified atom stereocenters. The number of piperazine rings is 1. The summed E-state index contributed by atoms with van der Waals surface area (Å²) in [7, 11) is 0. The van der Waals surface area contributed by atoms with Gasteiger partial charge in [-0.25, -0.2) is 4.79 Å². The van der Waals surface area contributed by atoms with Crippen molar-refractivity contribution < 1.29 is 9.59 Å². The second-order valence-corrected chi connectivity index (χ2v) is 11.2. The van der Waals surface area contributed by atoms with E-state index in [2.05, 4.69) is 37.9 Å². The van der Waals surface area contributed by atoms with Crippen LogP contribution in [0.2, 0.25) is 0 Å². The molecule has 4 saturated carbocycles. The Labute approximate surface area is 183 Å². The largest absolute Gasteiger partial charge is 0.332 e. The van der Waals surface area contributed by atoms with Crippen LogP contribution in [0.15, 0.2) is 17.5 Å². The van der Waals surface area contributed by atoms with Gasteiger partial charge in [0, 0.05) is 43.1 Å². The number of amides is 3. The Kier molecular flexibility index (Phi) is 5.62. The average Bonchev–Trinajstić information content (AvgIpc) is 3.19. The van der Waals surface area contributed by atoms with Gasteiger partial charge < -0.3 is 5.32 Å². The van der Waals surface area contributed by atoms with Crippen molar-refractivity contribution in [3.05, 3.63) is 22.4 Å². The topological polar surface area (TPSA) is 64.7 Å². The van der Waals surface area contributed by atoms with Crippen LogP contribution in [-0.2, 0) is 11.3 Å². The Morgan fingerprint density at radius 2 is 1.73 bits per heavy atom. The van der Waals surface area contributed by atoms with Crippen LogP contribution in [-0.4, -0.2) is 59.5 Å². The molecule has 0 spiro atoms. The van der Waals surface area contributed by atoms with Crippen LogP contribution in [0.1, 0.15) is 50.3 Å². The lowest BCUT2D eigenvalue weighted by Gasteiger charge is -2.56. The van der Waals surface area contributed by atoms with E-state index >= 15 is 0 Å². The molecule has 6 rings (SSSR count). The van der Waals surface area contributed by atoms with Crippen LogP contribution in [0.3, 0.4) is 0 Å². The Bertz CT molecular complexity index is 737. The molecule has 6 nitrogen and oxygen atoms in total. The number of nitrogens with one attached hydrogen (secondary N) is 2. The maximum Gasteiger partial charge on any atom is 0.321 e. The Morgan fingerprint density at radius 1 is 1.10 bits per heavy atom. The van der Waals surface area contributed by atoms with E-state index in [-0.39, 0.29) is 23.5 Å². The SMILES string of the molecule is C[C@@H](C(=O)NC(=O)NC12CC3CC(CC(C3)C1)C2)N1CCN(Cc2cccs2)CC1. The summed E-state index contributed by atoms with van der Waals surface area (Å²) >= 11 is 1.79. The van der Waals surface area contributed by atoms with Gasteiger partial charge in [-0.1, -0.05) is 6.07 Å². The van der Waals surface area contributed by atoms with E-state index in [0.717, 1.165) is 69.7 Å². The molecule has 2 N–H and O–H groups in total. The van der Waals surface area contributed by atoms with Crippen LogP contribution >= 0.6 is 11.3 Å². The standard InChI is InChI=1S/C23H34N4O2S/c1-16(27-6-4-26(5-7-27)15-20-3-2-8-30-20)21(28)24-22(29)25-23-12-17-9-18(13-23)11-19(10-17)14-23/h2-3,8,16-19H,4-7,9-15H2,1H3,(H2,24,25,28,29)/t16-,17?,18?,19?,23?/m0/s1. The van der Waals surface area contributed by atoms with Gasteiger partial charge in [-0.05, 0) is 74.6 Å². The number of carbonyl (C=O) groups is 2. The third-order valence-electron chi connectivity index (χ3n) is 7.95. The Hall–Kier alpha value is -1.44. The fourth-order valence-electron chi connectivity index (χ4n) is 6.85. The number of nitrogens with zero attached hydrogens (tertiary/aromatic N) is 2. The summed E-state index contributed by atoms with van der Waals surface area (Å²) in [5, 5.41) is 8.02. The molecule has 0 radical (unpaired) electrons. The van der Waals surface area contributed by atoms with Crippen molar-refractivity contribution >= 4 is 23.3 Å². The smallest absolute Gasteiger partial charge is 0.321 e. The van der Waals surface area contributed by atoms with E-state index in [1.165, 1.54) is 24.1 Å². The molecular formula is C23H34N4O2S. The van der Waals surface area contributed by atoms with Gasteiger partial charge in [-0.15, -0.1) is 11.3 Å². The first-order valence-electron chi connectivity index (χ1n) is 11.6. The minimum atomic E-state index is -0.287. The van der Waals surface area contributed by atoms with Gasteiger partial charge >= 0.3 is 6.03 Å². The van der Waals surface area contributed by atoms with E-state index in [4.69, 9.17) is 0 Å². The van der Waals surface area contributed by atoms with E-state index in [1.54, 1.807) is 11.3 Å². The van der Waals surface area contributed by atoms with Crippen LogP contribution in [0.5, 0.6) is 0 Å². The van der Waals surface area contributed by atoms with Crippen molar-refractivity contribution in [1.82, 2.24) is 20.4 Å². The minimum Gasteiger partial charge on any atom is -0.332 e. The number of hydrogen-bond acceptors (Lipinski definition) is 5. The van der Waals surface area contributed by atoms with Gasteiger partial charge in [0.1, 0.15) is 0 Å². The third kappa shape index (κ3) is 4.30. The summed E-state index contributed by atoms with van der Waals surface area (Å²) in [5.74, 6) is 2.15. The molecule has 0 aromatic carbocycles. The van der Waals surface area contributed by atoms with Gasteiger partial charge in [0.05, 0.1) is 6.04 Å². The Morgan fingerprint density at radius 3 is 2.30 bits per heavy atom. The summed E-state index contributed by atoms with van der Waals surface area (Å²) in [4.78, 5) is 31.5. The van der Waals surface area contributed by atoms with Crippen molar-refractivity contribution in [2.24, 2.45) is 17.8 Å². The van der Waals surface area contributed by atoms with Gasteiger partial charge in [-0.3, -0.25) is 19.9 Å². The number of thiophene rings is 1. The van der Waals surface area contributed by atoms with Crippen LogP contribution in [0.25, 0.3) is 0 Å². The van der Waals surface area contributed by atoms with Crippen molar-refractivity contribution in [2.75, 3.05) is 26.2 Å². The van der Waals surface area contributed by atoms with Crippen LogP contribution < -0.4 is 10.6 Å². The van der Waals surface area contributed by atoms with E-state index in [1.807, 2.05) is 6.92 Å². The molecule has 3 amide bonds. The average molecular weight is 431 g/mol. The zero-order chi connectivity index (χ0) is 20.7. The monoisotopic (exact) mass is 430 g/mol. The first-order chi connectivity index (χ1) is 14.5. The second-order valence-electron chi connectivity index (χ2n) is 10.2. The number of urea groups is 1. The first-order valence-corrected chi connectivity index (χ1v) is 12.5. The molecule has 1 aliphatic heterocycles. The normalized spacial score (nSPS) is 34.6. The molecule has 5 aliphatic rings. The molecular weight excluding hydrogens is 396 g/mol. The summed E-state index contributed by atoms with van der Waals surface area (Å²) in [5.41, 5.74) is -0.0598. The van der Waals surface area contributed by atoms with Crippen molar-refractivity contribution in [2.45, 2.75) is 63.6 Å². The zero-order valence-corrected chi connectivity index (χ0v) is 18.8. The molecule has 164 valence electrons. The molecule has 5 fully saturated rings. The van der Waals surface area contributed by atoms with E-state index < -0.39 is 0 Å². The molecule has 2 heterocycles. The summed E-state index contributed by atoms with van der Waals surface area (Å²) in [6.07, 6.45) is 7.33. The Balaban J connectivity index is 1.09. The van der Waals surface area contributed by atoms with Gasteiger partial charge in [-0.2, -0.15) is 0 Å². The lowest BCUT2D eigenvalue weighted by molar-refractivity contribution is -0.125. The molecule has 4 bridgehead atoms. The van der Waals surface area contributed by atoms with Crippen molar-refractivity contribution in [3.63, 3.8) is 0 Å². The molecule has 1 aromatic rings. The zero-order valence-electron chi connectivity index (χ0n) is 17.9. The highest BCUT2D eigenvalue weighted by molar-refractivity contribution is 7.09. The molecule has 1 saturated heterocycles. The van der Waals surface area contributed by atoms with E-state index in [9.17, 15) is 9.59 Å². The fourth-order valence-corrected chi connectivity index (χ4v) is 7.60. The molecule has 1 atom stereocenters. The molecule has 30 heavy (non-hydrogen) atoms. The third-order valence-corrected chi connectivity index (χ3v) is 8.81. The highest BCUT2D eigenvalue weighted by atomic mass is 32.1. The van der Waals surface area contributed by atoms with Gasteiger partial charge in [0.2, 0.25) is 5.91 Å². The predicted octanol–water partition coefficient (Wildman–Crippen LogP) is 3.05. The van der Waals surface area contributed by atoms with Crippen molar-refractivity contribution in [1.29, 1.82) is 0 Å². The number of rotatable bonds is 5. The highest BCUT2D eigenvalue weighted by Crippen LogP contribution is 2.55. The van der Waals surface area contributed by atoms with Crippen LogP contribution in [0.4, 0.5) is 4.79 Å². The summed E-state index contributed by atoms with van der Waals surface area (Å²) < 4.78 is 0. The van der Waals surface area contributed by atoms with Crippen molar-refractivity contribution in [3.8, 4) is 0 Å². The highest BCUT2D eigenvalue weighted by Gasteiger charge is 2.51. The number of hydrogen-bond donors (Lipinski definition) is 2. The second kappa shape index (κ2) is 8.24. The van der Waals surface area contributed by atoms with E-state index in [0.29, 0.717) is 0 Å². The van der Waals surface area contributed by atoms with Crippen LogP contribution in [0, 0.1) is 17.8 Å². The summed E-state index contributed by atoms with van der Waals surface area (Å²) in [6.45, 7) is 6.53. The summed E-state index contributed by atoms with van der Waals surface area (Å²) in [6, 6.07) is 3.70. The predicted molar refractivity (Wildman–Crippen MR) is 118 cm³/mol. The maximum absolute atomic E-state index is 12.8. The molecule has 4 aliphatic carbocycles. The molecule has 7 heteroatoms. The number of imide groups is 1. The maximum atomic E-state index is 12.8. The first kappa shape index (κ1) is 20.5. The molecule has 1 aromatic heterocycles. The lowest BCUT2D eigenvalue weighted by Crippen LogP contribution is -2.63. The lowest BCUT2D eigenvalue weighted by atomic mass is 9.53. The van der Waals surface area contributed by atoms with Gasteiger partial charge in [0.25, 0.3) is 0 Å². The number of carbonyl (C=O) groups excluding carboxylic acids is 2. The quantitative estimate of drug-likeness (QED) is 0.754. The minimum absolute atomic E-state index is 0.0598. The van der Waals surface area contributed by atoms with Gasteiger partial charge in [0.15, 0.2) is 0 Å². The fraction of sp³-hybridized carbons (Fsp3) is 0.739.